The zero-order chi connectivity index (χ0) is 32.7. The number of halogens is 3. The lowest BCUT2D eigenvalue weighted by molar-refractivity contribution is -0.138. The normalized spacial score (nSPS) is 18.2. The van der Waals surface area contributed by atoms with Gasteiger partial charge in [-0.05, 0) is 44.6 Å². The second-order valence-electron chi connectivity index (χ2n) is 11.7. The van der Waals surface area contributed by atoms with Gasteiger partial charge >= 0.3 is 6.18 Å². The van der Waals surface area contributed by atoms with E-state index >= 15 is 0 Å². The SMILES string of the molecule is C=CC(=O)N1CCN(c2nc(N3CC(C)(N(CC)CC)C3)nc3c(=O)n(-c4cccc(C)c4C(F)(F)F)ncc23)C[C@@H]1CC#N. The molecule has 14 heteroatoms. The van der Waals surface area contributed by atoms with Crippen molar-refractivity contribution in [1.29, 1.82) is 5.26 Å². The minimum Gasteiger partial charge on any atom is -0.352 e. The van der Waals surface area contributed by atoms with Crippen LogP contribution in [0.25, 0.3) is 16.6 Å². The number of hydrogen-bond acceptors (Lipinski definition) is 9. The van der Waals surface area contributed by atoms with Crippen LogP contribution in [-0.2, 0) is 11.0 Å². The number of carbonyl (C=O) groups is 1. The summed E-state index contributed by atoms with van der Waals surface area (Å²) in [6.45, 7) is 15.0. The third kappa shape index (κ3) is 5.72. The molecule has 1 aromatic carbocycles. The Morgan fingerprint density at radius 3 is 2.53 bits per heavy atom. The van der Waals surface area contributed by atoms with Crippen LogP contribution in [0.5, 0.6) is 0 Å². The van der Waals surface area contributed by atoms with Gasteiger partial charge in [0.1, 0.15) is 11.3 Å². The average Bonchev–Trinajstić information content (AvgIpc) is 2.99. The molecule has 0 unspecified atom stereocenters. The van der Waals surface area contributed by atoms with Crippen LogP contribution in [-0.4, -0.2) is 92.8 Å². The van der Waals surface area contributed by atoms with E-state index in [1.807, 2.05) is 9.80 Å². The van der Waals surface area contributed by atoms with Gasteiger partial charge in [0.2, 0.25) is 11.9 Å². The number of rotatable bonds is 8. The van der Waals surface area contributed by atoms with Crippen LogP contribution in [0, 0.1) is 18.3 Å². The molecule has 0 saturated carbocycles. The highest BCUT2D eigenvalue weighted by Crippen LogP contribution is 2.37. The number of fused-ring (bicyclic) bond motifs is 1. The topological polar surface area (TPSA) is 114 Å². The predicted molar refractivity (Wildman–Crippen MR) is 164 cm³/mol. The van der Waals surface area contributed by atoms with E-state index in [9.17, 15) is 28.0 Å². The molecule has 1 atom stereocenters. The first-order chi connectivity index (χ1) is 21.4. The largest absolute Gasteiger partial charge is 0.418 e. The Hall–Kier alpha value is -4.51. The van der Waals surface area contributed by atoms with Crippen LogP contribution >= 0.6 is 0 Å². The van der Waals surface area contributed by atoms with Crippen molar-refractivity contribution in [2.75, 3.05) is 55.6 Å². The number of aryl methyl sites for hydroxylation is 1. The molecule has 2 fully saturated rings. The molecule has 2 aliphatic rings. The van der Waals surface area contributed by atoms with Crippen molar-refractivity contribution >= 4 is 28.6 Å². The molecule has 2 aromatic heterocycles. The van der Waals surface area contributed by atoms with E-state index in [4.69, 9.17) is 4.98 Å². The molecule has 1 amide bonds. The van der Waals surface area contributed by atoms with Gasteiger partial charge < -0.3 is 14.7 Å². The molecule has 4 heterocycles. The summed E-state index contributed by atoms with van der Waals surface area (Å²) in [6, 6.07) is 5.66. The van der Waals surface area contributed by atoms with Gasteiger partial charge in [-0.1, -0.05) is 32.6 Å². The summed E-state index contributed by atoms with van der Waals surface area (Å²) in [5.41, 5.74) is -2.40. The third-order valence-electron chi connectivity index (χ3n) is 8.81. The van der Waals surface area contributed by atoms with Crippen LogP contribution in [0.2, 0.25) is 0 Å². The number of amides is 1. The van der Waals surface area contributed by atoms with Crippen LogP contribution in [0.1, 0.15) is 38.3 Å². The smallest absolute Gasteiger partial charge is 0.352 e. The summed E-state index contributed by atoms with van der Waals surface area (Å²) in [4.78, 5) is 43.8. The summed E-state index contributed by atoms with van der Waals surface area (Å²) in [7, 11) is 0. The fourth-order valence-corrected chi connectivity index (χ4v) is 6.59. The molecule has 238 valence electrons. The number of benzene rings is 1. The number of aromatic nitrogens is 4. The number of nitrogens with zero attached hydrogens (tertiary/aromatic N) is 9. The quantitative estimate of drug-likeness (QED) is 0.348. The van der Waals surface area contributed by atoms with Crippen molar-refractivity contribution in [2.45, 2.75) is 51.9 Å². The summed E-state index contributed by atoms with van der Waals surface area (Å²) >= 11 is 0. The molecule has 0 N–H and O–H groups in total. The third-order valence-corrected chi connectivity index (χ3v) is 8.81. The molecule has 45 heavy (non-hydrogen) atoms. The van der Waals surface area contributed by atoms with Crippen LogP contribution < -0.4 is 15.4 Å². The molecule has 3 aromatic rings. The Kier molecular flexibility index (Phi) is 8.59. The molecule has 0 aliphatic carbocycles. The molecule has 5 rings (SSSR count). The van der Waals surface area contributed by atoms with Crippen molar-refractivity contribution in [2.24, 2.45) is 0 Å². The van der Waals surface area contributed by atoms with Crippen LogP contribution in [0.15, 0.2) is 41.8 Å². The maximum absolute atomic E-state index is 14.1. The van der Waals surface area contributed by atoms with Crippen molar-refractivity contribution in [3.05, 3.63) is 58.5 Å². The Morgan fingerprint density at radius 1 is 1.20 bits per heavy atom. The van der Waals surface area contributed by atoms with Crippen molar-refractivity contribution < 1.29 is 18.0 Å². The first-order valence-electron chi connectivity index (χ1n) is 14.9. The Bertz CT molecular complexity index is 1720. The highest BCUT2D eigenvalue weighted by atomic mass is 19.4. The Labute approximate surface area is 259 Å². The fourth-order valence-electron chi connectivity index (χ4n) is 6.59. The summed E-state index contributed by atoms with van der Waals surface area (Å²) in [5, 5.41) is 13.9. The molecule has 0 radical (unpaired) electrons. The minimum absolute atomic E-state index is 0.0374. The van der Waals surface area contributed by atoms with E-state index in [0.717, 1.165) is 17.8 Å². The van der Waals surface area contributed by atoms with Crippen LogP contribution in [0.3, 0.4) is 0 Å². The maximum Gasteiger partial charge on any atom is 0.418 e. The molecule has 2 aliphatic heterocycles. The van der Waals surface area contributed by atoms with E-state index in [0.29, 0.717) is 25.5 Å². The number of carbonyl (C=O) groups excluding carboxylic acids is 1. The van der Waals surface area contributed by atoms with E-state index in [2.05, 4.69) is 48.4 Å². The first kappa shape index (κ1) is 31.9. The van der Waals surface area contributed by atoms with E-state index in [-0.39, 0.29) is 59.1 Å². The monoisotopic (exact) mass is 623 g/mol. The van der Waals surface area contributed by atoms with Crippen molar-refractivity contribution in [3.63, 3.8) is 0 Å². The standard InChI is InChI=1S/C31H36F3N9O2/c1-6-24(44)42-15-14-39(17-21(42)12-13-35)27-22-16-36-43(23-11-9-10-20(4)25(23)31(32,33)34)28(45)26(22)37-29(38-27)40-18-30(5,19-40)41(7-2)8-3/h6,9-11,16,21H,1,7-8,12,14-15,17-19H2,2-5H3/t21-/m0/s1. The van der Waals surface area contributed by atoms with Gasteiger partial charge in [0, 0.05) is 32.7 Å². The first-order valence-corrected chi connectivity index (χ1v) is 14.9. The van der Waals surface area contributed by atoms with Crippen molar-refractivity contribution in [3.8, 4) is 11.8 Å². The number of hydrogen-bond donors (Lipinski definition) is 0. The number of anilines is 2. The number of likely N-dealkylation sites (N-methyl/N-ethyl adjacent to an activating group) is 1. The van der Waals surface area contributed by atoms with Gasteiger partial charge in [0.25, 0.3) is 5.56 Å². The lowest BCUT2D eigenvalue weighted by atomic mass is 9.90. The summed E-state index contributed by atoms with van der Waals surface area (Å²) < 4.78 is 43.2. The van der Waals surface area contributed by atoms with Gasteiger partial charge in [0.15, 0.2) is 0 Å². The van der Waals surface area contributed by atoms with Gasteiger partial charge in [-0.25, -0.2) is 4.98 Å². The van der Waals surface area contributed by atoms with Crippen molar-refractivity contribution in [1.82, 2.24) is 29.5 Å². The van der Waals surface area contributed by atoms with E-state index in [1.54, 1.807) is 4.90 Å². The highest BCUT2D eigenvalue weighted by Gasteiger charge is 2.44. The van der Waals surface area contributed by atoms with E-state index < -0.39 is 23.3 Å². The second kappa shape index (κ2) is 12.1. The molecule has 0 spiro atoms. The highest BCUT2D eigenvalue weighted by molar-refractivity contribution is 5.90. The number of nitriles is 1. The second-order valence-corrected chi connectivity index (χ2v) is 11.7. The number of piperazine rings is 1. The van der Waals surface area contributed by atoms with Gasteiger partial charge in [-0.15, -0.1) is 0 Å². The minimum atomic E-state index is -4.72. The van der Waals surface area contributed by atoms with Gasteiger partial charge in [-0.2, -0.15) is 33.2 Å². The summed E-state index contributed by atoms with van der Waals surface area (Å²) in [6.07, 6.45) is -2.13. The Balaban J connectivity index is 1.66. The molecular weight excluding hydrogens is 587 g/mol. The number of alkyl halides is 3. The average molecular weight is 624 g/mol. The lowest BCUT2D eigenvalue weighted by Crippen LogP contribution is -2.69. The molecule has 11 nitrogen and oxygen atoms in total. The molecular formula is C31H36F3N9O2. The Morgan fingerprint density at radius 2 is 1.91 bits per heavy atom. The van der Waals surface area contributed by atoms with Gasteiger partial charge in [0.05, 0.1) is 46.9 Å². The van der Waals surface area contributed by atoms with E-state index in [1.165, 1.54) is 37.4 Å². The molecule has 0 bridgehead atoms. The molecule has 2 saturated heterocycles. The maximum atomic E-state index is 14.1. The lowest BCUT2D eigenvalue weighted by Gasteiger charge is -2.53. The van der Waals surface area contributed by atoms with Gasteiger partial charge in [-0.3, -0.25) is 14.5 Å². The van der Waals surface area contributed by atoms with Crippen LogP contribution in [0.4, 0.5) is 24.9 Å². The predicted octanol–water partition coefficient (Wildman–Crippen LogP) is 3.54. The zero-order valence-electron chi connectivity index (χ0n) is 25.8. The fraction of sp³-hybridized carbons (Fsp3) is 0.484. The zero-order valence-corrected chi connectivity index (χ0v) is 25.8. The summed E-state index contributed by atoms with van der Waals surface area (Å²) in [5.74, 6) is 0.360.